The molecule has 1 saturated heterocycles. The van der Waals surface area contributed by atoms with Crippen molar-refractivity contribution in [2.45, 2.75) is 16.8 Å². The first-order chi connectivity index (χ1) is 10.9. The highest BCUT2D eigenvalue weighted by atomic mass is 35.5. The van der Waals surface area contributed by atoms with Gasteiger partial charge in [0, 0.05) is 37.6 Å². The standard InChI is InChI=1S/C15H16ClN3O3S/c1-18-7-6-17-15(18)23(21,22)12-9-19(10-12)14(20)8-11-4-2-3-5-13(11)16/h2-7,12H,8-10H2,1H3. The Morgan fingerprint density at radius 2 is 2.04 bits per heavy atom. The molecule has 1 amide bonds. The maximum absolute atomic E-state index is 12.4. The van der Waals surface area contributed by atoms with E-state index in [4.69, 9.17) is 11.6 Å². The van der Waals surface area contributed by atoms with E-state index >= 15 is 0 Å². The number of nitrogens with zero attached hydrogens (tertiary/aromatic N) is 3. The number of likely N-dealkylation sites (tertiary alicyclic amines) is 1. The van der Waals surface area contributed by atoms with Crippen molar-refractivity contribution < 1.29 is 13.2 Å². The summed E-state index contributed by atoms with van der Waals surface area (Å²) in [4.78, 5) is 17.7. The Bertz CT molecular complexity index is 841. The van der Waals surface area contributed by atoms with Crippen LogP contribution in [-0.2, 0) is 28.1 Å². The Balaban J connectivity index is 1.64. The highest BCUT2D eigenvalue weighted by Gasteiger charge is 2.42. The van der Waals surface area contributed by atoms with E-state index in [9.17, 15) is 13.2 Å². The van der Waals surface area contributed by atoms with Gasteiger partial charge in [-0.1, -0.05) is 29.8 Å². The minimum Gasteiger partial charge on any atom is -0.340 e. The number of rotatable bonds is 4. The Morgan fingerprint density at radius 3 is 2.65 bits per heavy atom. The molecule has 8 heteroatoms. The molecule has 0 saturated carbocycles. The summed E-state index contributed by atoms with van der Waals surface area (Å²) in [5.41, 5.74) is 0.745. The second-order valence-corrected chi connectivity index (χ2v) is 8.08. The van der Waals surface area contributed by atoms with Crippen LogP contribution in [0, 0.1) is 0 Å². The van der Waals surface area contributed by atoms with Crippen LogP contribution in [0.2, 0.25) is 5.02 Å². The summed E-state index contributed by atoms with van der Waals surface area (Å²) in [5.74, 6) is -0.121. The van der Waals surface area contributed by atoms with Crippen molar-refractivity contribution in [3.05, 3.63) is 47.2 Å². The van der Waals surface area contributed by atoms with E-state index in [1.54, 1.807) is 31.4 Å². The molecule has 1 aliphatic rings. The van der Waals surface area contributed by atoms with E-state index in [0.717, 1.165) is 5.56 Å². The van der Waals surface area contributed by atoms with Gasteiger partial charge in [-0.15, -0.1) is 0 Å². The molecule has 1 aromatic carbocycles. The van der Waals surface area contributed by atoms with E-state index in [0.29, 0.717) is 5.02 Å². The van der Waals surface area contributed by atoms with Crippen molar-refractivity contribution in [3.63, 3.8) is 0 Å². The fourth-order valence-electron chi connectivity index (χ4n) is 2.53. The summed E-state index contributed by atoms with van der Waals surface area (Å²) in [6.07, 6.45) is 3.21. The molecular formula is C15H16ClN3O3S. The van der Waals surface area contributed by atoms with Gasteiger partial charge in [-0.2, -0.15) is 0 Å². The topological polar surface area (TPSA) is 72.3 Å². The van der Waals surface area contributed by atoms with Gasteiger partial charge in [-0.05, 0) is 11.6 Å². The third kappa shape index (κ3) is 2.98. The molecule has 2 heterocycles. The second kappa shape index (κ2) is 5.98. The predicted octanol–water partition coefficient (Wildman–Crippen LogP) is 1.30. The predicted molar refractivity (Wildman–Crippen MR) is 85.9 cm³/mol. The fraction of sp³-hybridized carbons (Fsp3) is 0.333. The number of sulfone groups is 1. The quantitative estimate of drug-likeness (QED) is 0.830. The van der Waals surface area contributed by atoms with Gasteiger partial charge in [-0.25, -0.2) is 13.4 Å². The summed E-state index contributed by atoms with van der Waals surface area (Å²) >= 11 is 6.04. The number of benzene rings is 1. The summed E-state index contributed by atoms with van der Waals surface area (Å²) in [5, 5.41) is -0.0157. The monoisotopic (exact) mass is 353 g/mol. The van der Waals surface area contributed by atoms with Gasteiger partial charge >= 0.3 is 0 Å². The van der Waals surface area contributed by atoms with E-state index < -0.39 is 15.1 Å². The number of hydrogen-bond acceptors (Lipinski definition) is 4. The molecule has 1 fully saturated rings. The lowest BCUT2D eigenvalue weighted by Crippen LogP contribution is -2.57. The van der Waals surface area contributed by atoms with E-state index in [1.165, 1.54) is 15.7 Å². The number of hydrogen-bond donors (Lipinski definition) is 0. The molecule has 0 aliphatic carbocycles. The summed E-state index contributed by atoms with van der Waals surface area (Å²) in [6, 6.07) is 7.14. The van der Waals surface area contributed by atoms with Crippen LogP contribution in [0.1, 0.15) is 5.56 Å². The van der Waals surface area contributed by atoms with E-state index in [-0.39, 0.29) is 30.6 Å². The molecule has 0 bridgehead atoms. The first-order valence-corrected chi connectivity index (χ1v) is 9.04. The van der Waals surface area contributed by atoms with E-state index in [1.807, 2.05) is 6.07 Å². The number of halogens is 1. The zero-order valence-corrected chi connectivity index (χ0v) is 14.1. The van der Waals surface area contributed by atoms with Gasteiger partial charge in [0.1, 0.15) is 5.25 Å². The molecule has 23 heavy (non-hydrogen) atoms. The molecule has 0 unspecified atom stereocenters. The third-order valence-corrected chi connectivity index (χ3v) is 6.42. The lowest BCUT2D eigenvalue weighted by Gasteiger charge is -2.38. The second-order valence-electron chi connectivity index (χ2n) is 5.55. The molecule has 0 atom stereocenters. The lowest BCUT2D eigenvalue weighted by molar-refractivity contribution is -0.133. The Morgan fingerprint density at radius 1 is 1.35 bits per heavy atom. The summed E-state index contributed by atoms with van der Waals surface area (Å²) in [7, 11) is -1.87. The average molecular weight is 354 g/mol. The van der Waals surface area contributed by atoms with Crippen LogP contribution in [0.3, 0.4) is 0 Å². The lowest BCUT2D eigenvalue weighted by atomic mass is 10.1. The van der Waals surface area contributed by atoms with Crippen molar-refractivity contribution in [1.82, 2.24) is 14.5 Å². The van der Waals surface area contributed by atoms with Crippen LogP contribution in [-0.4, -0.2) is 47.1 Å². The van der Waals surface area contributed by atoms with Gasteiger partial charge in [0.05, 0.1) is 6.42 Å². The molecule has 6 nitrogen and oxygen atoms in total. The number of amides is 1. The third-order valence-electron chi connectivity index (χ3n) is 3.97. The highest BCUT2D eigenvalue weighted by Crippen LogP contribution is 2.24. The number of carbonyl (C=O) groups excluding carboxylic acids is 1. The van der Waals surface area contributed by atoms with Gasteiger partial charge in [0.2, 0.25) is 20.9 Å². The molecule has 1 aromatic heterocycles. The van der Waals surface area contributed by atoms with Crippen LogP contribution >= 0.6 is 11.6 Å². The summed E-state index contributed by atoms with van der Waals surface area (Å²) < 4.78 is 26.3. The minimum absolute atomic E-state index is 0.0423. The molecule has 0 radical (unpaired) electrons. The van der Waals surface area contributed by atoms with Gasteiger partial charge in [0.15, 0.2) is 0 Å². The Kier molecular flexibility index (Phi) is 4.16. The highest BCUT2D eigenvalue weighted by molar-refractivity contribution is 7.92. The zero-order valence-electron chi connectivity index (χ0n) is 12.5. The normalized spacial score (nSPS) is 15.5. The molecule has 3 rings (SSSR count). The minimum atomic E-state index is -3.51. The van der Waals surface area contributed by atoms with E-state index in [2.05, 4.69) is 4.98 Å². The van der Waals surface area contributed by atoms with Crippen LogP contribution in [0.15, 0.2) is 41.8 Å². The van der Waals surface area contributed by atoms with Crippen molar-refractivity contribution >= 4 is 27.3 Å². The Hall–Kier alpha value is -1.86. The largest absolute Gasteiger partial charge is 0.340 e. The molecule has 0 N–H and O–H groups in total. The molecule has 1 aliphatic heterocycles. The number of aryl methyl sites for hydroxylation is 1. The van der Waals surface area contributed by atoms with Gasteiger partial charge in [0.25, 0.3) is 0 Å². The fourth-order valence-corrected chi connectivity index (χ4v) is 4.45. The maximum atomic E-state index is 12.4. The molecule has 0 spiro atoms. The first kappa shape index (κ1) is 16.0. The smallest absolute Gasteiger partial charge is 0.227 e. The first-order valence-electron chi connectivity index (χ1n) is 7.12. The van der Waals surface area contributed by atoms with Crippen molar-refractivity contribution in [1.29, 1.82) is 0 Å². The van der Waals surface area contributed by atoms with Crippen LogP contribution in [0.25, 0.3) is 0 Å². The van der Waals surface area contributed by atoms with Gasteiger partial charge in [-0.3, -0.25) is 4.79 Å². The average Bonchev–Trinajstić information content (AvgIpc) is 2.86. The SMILES string of the molecule is Cn1ccnc1S(=O)(=O)C1CN(C(=O)Cc2ccccc2Cl)C1. The molecule has 122 valence electrons. The molecule has 2 aromatic rings. The molecular weight excluding hydrogens is 338 g/mol. The maximum Gasteiger partial charge on any atom is 0.227 e. The van der Waals surface area contributed by atoms with Crippen molar-refractivity contribution in [2.75, 3.05) is 13.1 Å². The van der Waals surface area contributed by atoms with Crippen molar-refractivity contribution in [3.8, 4) is 0 Å². The number of carbonyl (C=O) groups is 1. The Labute approximate surface area is 139 Å². The summed E-state index contributed by atoms with van der Waals surface area (Å²) in [6.45, 7) is 0.386. The zero-order chi connectivity index (χ0) is 16.6. The number of imidazole rings is 1. The van der Waals surface area contributed by atoms with Gasteiger partial charge < -0.3 is 9.47 Å². The van der Waals surface area contributed by atoms with Crippen LogP contribution < -0.4 is 0 Å². The van der Waals surface area contributed by atoms with Crippen LogP contribution in [0.4, 0.5) is 0 Å². The number of aromatic nitrogens is 2. The van der Waals surface area contributed by atoms with Crippen molar-refractivity contribution in [2.24, 2.45) is 7.05 Å². The van der Waals surface area contributed by atoms with Crippen LogP contribution in [0.5, 0.6) is 0 Å².